The number of alkyl halides is 1. The Balaban J connectivity index is 2.78. The molecular weight excluding hydrogens is 285 g/mol. The van der Waals surface area contributed by atoms with Gasteiger partial charge in [0.2, 0.25) is 11.4 Å². The summed E-state index contributed by atoms with van der Waals surface area (Å²) >= 11 is 6.15. The van der Waals surface area contributed by atoms with Crippen LogP contribution < -0.4 is 5.32 Å². The first kappa shape index (κ1) is 17.2. The van der Waals surface area contributed by atoms with E-state index in [0.29, 0.717) is 18.9 Å². The number of aliphatic hydroxyl groups is 1. The summed E-state index contributed by atoms with van der Waals surface area (Å²) in [6, 6.07) is 5.30. The van der Waals surface area contributed by atoms with Gasteiger partial charge in [-0.3, -0.25) is 0 Å². The normalized spacial score (nSPS) is 15.9. The van der Waals surface area contributed by atoms with Gasteiger partial charge in [-0.15, -0.1) is 0 Å². The van der Waals surface area contributed by atoms with Crippen LogP contribution in [0.4, 0.5) is 10.1 Å². The van der Waals surface area contributed by atoms with Crippen LogP contribution in [0.3, 0.4) is 0 Å². The van der Waals surface area contributed by atoms with Gasteiger partial charge in [0.05, 0.1) is 6.04 Å². The highest BCUT2D eigenvalue weighted by Crippen LogP contribution is 2.27. The molecule has 0 bridgehead atoms. The summed E-state index contributed by atoms with van der Waals surface area (Å²) in [5.41, 5.74) is 0.517. The zero-order valence-corrected chi connectivity index (χ0v) is 12.7. The molecule has 0 aliphatic carbocycles. The molecule has 6 heteroatoms. The lowest BCUT2D eigenvalue weighted by Gasteiger charge is -2.35. The van der Waals surface area contributed by atoms with Crippen molar-refractivity contribution in [2.24, 2.45) is 0 Å². The van der Waals surface area contributed by atoms with Crippen LogP contribution in [-0.2, 0) is 9.47 Å². The summed E-state index contributed by atoms with van der Waals surface area (Å²) in [6.45, 7) is 5.94. The van der Waals surface area contributed by atoms with Gasteiger partial charge in [-0.25, -0.2) is 4.39 Å². The second-order valence-corrected chi connectivity index (χ2v) is 4.95. The third-order valence-corrected chi connectivity index (χ3v) is 3.29. The molecule has 1 aromatic rings. The van der Waals surface area contributed by atoms with Gasteiger partial charge in [0.1, 0.15) is 5.82 Å². The molecule has 0 aliphatic heterocycles. The molecule has 0 aliphatic rings. The Morgan fingerprint density at radius 3 is 2.45 bits per heavy atom. The smallest absolute Gasteiger partial charge is 0.209 e. The van der Waals surface area contributed by atoms with Crippen molar-refractivity contribution in [3.05, 3.63) is 30.1 Å². The highest BCUT2D eigenvalue weighted by atomic mass is 35.5. The molecule has 114 valence electrons. The fourth-order valence-corrected chi connectivity index (χ4v) is 1.90. The van der Waals surface area contributed by atoms with Crippen molar-refractivity contribution >= 4 is 17.3 Å². The topological polar surface area (TPSA) is 50.7 Å². The molecule has 0 saturated heterocycles. The molecule has 0 spiro atoms. The Kier molecular flexibility index (Phi) is 6.68. The minimum absolute atomic E-state index is 0.354. The molecule has 1 rings (SSSR count). The third-order valence-electron chi connectivity index (χ3n) is 2.78. The van der Waals surface area contributed by atoms with E-state index in [0.717, 1.165) is 0 Å². The number of nitrogens with one attached hydrogen (secondary N) is 1. The van der Waals surface area contributed by atoms with Crippen LogP contribution in [0.1, 0.15) is 20.8 Å². The summed E-state index contributed by atoms with van der Waals surface area (Å²) in [5.74, 6) is -0.369. The predicted molar refractivity (Wildman–Crippen MR) is 77.3 cm³/mol. The van der Waals surface area contributed by atoms with E-state index in [4.69, 9.17) is 21.1 Å². The molecule has 1 aromatic carbocycles. The number of hydrogen-bond acceptors (Lipinski definition) is 4. The van der Waals surface area contributed by atoms with Crippen LogP contribution in [0.25, 0.3) is 0 Å². The zero-order chi connectivity index (χ0) is 15.2. The van der Waals surface area contributed by atoms with E-state index in [-0.39, 0.29) is 5.82 Å². The van der Waals surface area contributed by atoms with Gasteiger partial charge in [-0.1, -0.05) is 17.7 Å². The summed E-state index contributed by atoms with van der Waals surface area (Å²) in [4.78, 5) is 0. The second-order valence-electron chi connectivity index (χ2n) is 4.35. The van der Waals surface area contributed by atoms with E-state index in [1.807, 2.05) is 0 Å². The maximum atomic E-state index is 13.1. The molecule has 0 fully saturated rings. The molecule has 0 radical (unpaired) electrons. The van der Waals surface area contributed by atoms with E-state index < -0.39 is 17.4 Å². The molecule has 4 nitrogen and oxygen atoms in total. The fourth-order valence-electron chi connectivity index (χ4n) is 1.72. The highest BCUT2D eigenvalue weighted by molar-refractivity contribution is 6.23. The average Bonchev–Trinajstić information content (AvgIpc) is 2.38. The Hall–Kier alpha value is -0.880. The van der Waals surface area contributed by atoms with Crippen molar-refractivity contribution in [1.82, 2.24) is 0 Å². The fraction of sp³-hybridized carbons (Fsp3) is 0.571. The van der Waals surface area contributed by atoms with Crippen molar-refractivity contribution in [3.8, 4) is 0 Å². The molecule has 20 heavy (non-hydrogen) atoms. The van der Waals surface area contributed by atoms with Crippen molar-refractivity contribution < 1.29 is 19.0 Å². The quantitative estimate of drug-likeness (QED) is 0.573. The maximum Gasteiger partial charge on any atom is 0.209 e. The number of rotatable bonds is 8. The molecule has 2 atom stereocenters. The summed E-state index contributed by atoms with van der Waals surface area (Å²) in [7, 11) is 0. The number of halogens is 2. The molecular formula is C14H21ClFNO3. The van der Waals surface area contributed by atoms with Gasteiger partial charge in [0, 0.05) is 18.9 Å². The molecule has 2 unspecified atom stereocenters. The van der Waals surface area contributed by atoms with Crippen molar-refractivity contribution in [1.29, 1.82) is 0 Å². The lowest BCUT2D eigenvalue weighted by atomic mass is 10.1. The van der Waals surface area contributed by atoms with Gasteiger partial charge in [0.25, 0.3) is 0 Å². The minimum Gasteiger partial charge on any atom is -0.378 e. The standard InChI is InChI=1S/C14H21ClFNO3/c1-4-19-13(20-5-2)14(15,18)10(3)17-12-8-6-7-11(16)9-12/h6-10,13,17-18H,4-5H2,1-3H3. The number of hydrogen-bond donors (Lipinski definition) is 2. The second kappa shape index (κ2) is 7.78. The Labute approximate surface area is 123 Å². The predicted octanol–water partition coefficient (Wildman–Crippen LogP) is 2.95. The van der Waals surface area contributed by atoms with Crippen LogP contribution in [0, 0.1) is 5.82 Å². The number of ether oxygens (including phenoxy) is 2. The zero-order valence-electron chi connectivity index (χ0n) is 11.9. The van der Waals surface area contributed by atoms with Gasteiger partial charge in [-0.2, -0.15) is 0 Å². The first-order valence-electron chi connectivity index (χ1n) is 6.58. The number of anilines is 1. The Morgan fingerprint density at radius 1 is 1.35 bits per heavy atom. The number of benzene rings is 1. The molecule has 0 aromatic heterocycles. The molecule has 0 saturated carbocycles. The van der Waals surface area contributed by atoms with Crippen molar-refractivity contribution in [2.45, 2.75) is 38.2 Å². The van der Waals surface area contributed by atoms with E-state index in [9.17, 15) is 9.50 Å². The summed E-state index contributed by atoms with van der Waals surface area (Å²) < 4.78 is 23.8. The monoisotopic (exact) mass is 305 g/mol. The highest BCUT2D eigenvalue weighted by Gasteiger charge is 2.42. The minimum atomic E-state index is -1.78. The maximum absolute atomic E-state index is 13.1. The van der Waals surface area contributed by atoms with E-state index in [2.05, 4.69) is 5.32 Å². The van der Waals surface area contributed by atoms with Crippen LogP contribution in [0.15, 0.2) is 24.3 Å². The molecule has 2 N–H and O–H groups in total. The SMILES string of the molecule is CCOC(OCC)C(O)(Cl)C(C)Nc1cccc(F)c1. The van der Waals surface area contributed by atoms with Crippen LogP contribution >= 0.6 is 11.6 Å². The van der Waals surface area contributed by atoms with Crippen LogP contribution in [-0.4, -0.2) is 35.7 Å². The lowest BCUT2D eigenvalue weighted by molar-refractivity contribution is -0.208. The molecule has 0 amide bonds. The lowest BCUT2D eigenvalue weighted by Crippen LogP contribution is -2.52. The van der Waals surface area contributed by atoms with Gasteiger partial charge in [0.15, 0.2) is 0 Å². The van der Waals surface area contributed by atoms with Crippen LogP contribution in [0.2, 0.25) is 0 Å². The van der Waals surface area contributed by atoms with E-state index in [1.54, 1.807) is 32.9 Å². The third kappa shape index (κ3) is 4.59. The summed E-state index contributed by atoms with van der Waals surface area (Å²) in [6.07, 6.45) is -0.977. The Morgan fingerprint density at radius 2 is 1.95 bits per heavy atom. The van der Waals surface area contributed by atoms with E-state index in [1.165, 1.54) is 12.1 Å². The molecule has 0 heterocycles. The first-order chi connectivity index (χ1) is 9.41. The largest absolute Gasteiger partial charge is 0.378 e. The average molecular weight is 306 g/mol. The van der Waals surface area contributed by atoms with Crippen molar-refractivity contribution in [3.63, 3.8) is 0 Å². The van der Waals surface area contributed by atoms with Gasteiger partial charge in [-0.05, 0) is 39.0 Å². The first-order valence-corrected chi connectivity index (χ1v) is 6.96. The van der Waals surface area contributed by atoms with E-state index >= 15 is 0 Å². The van der Waals surface area contributed by atoms with Crippen LogP contribution in [0.5, 0.6) is 0 Å². The van der Waals surface area contributed by atoms with Gasteiger partial charge >= 0.3 is 0 Å². The summed E-state index contributed by atoms with van der Waals surface area (Å²) in [5, 5.41) is 11.6. The Bertz CT molecular complexity index is 411. The van der Waals surface area contributed by atoms with Crippen molar-refractivity contribution in [2.75, 3.05) is 18.5 Å². The van der Waals surface area contributed by atoms with Gasteiger partial charge < -0.3 is 19.9 Å².